The van der Waals surface area contributed by atoms with Crippen LogP contribution in [0.3, 0.4) is 0 Å². The van der Waals surface area contributed by atoms with Gasteiger partial charge in [0.15, 0.2) is 5.78 Å². The van der Waals surface area contributed by atoms with Gasteiger partial charge in [0.2, 0.25) is 0 Å². The van der Waals surface area contributed by atoms with E-state index in [4.69, 9.17) is 0 Å². The van der Waals surface area contributed by atoms with E-state index in [2.05, 4.69) is 10.1 Å². The third kappa shape index (κ3) is 4.96. The summed E-state index contributed by atoms with van der Waals surface area (Å²) in [6, 6.07) is 5.74. The monoisotopic (exact) mass is 402 g/mol. The molecule has 0 aliphatic heterocycles. The van der Waals surface area contributed by atoms with Crippen LogP contribution in [0.25, 0.3) is 0 Å². The standard InChI is InChI=1S/C21H23FN2O5/c1-12-8-13(6-7-15(12)22)9-17(25)16-10-14(11-24(16)4)18(26)19(27)23-21(2,3)20(28)29-5/h6-8,10-11H,9H2,1-5H3,(H,23,27). The van der Waals surface area contributed by atoms with Crippen molar-refractivity contribution in [3.05, 3.63) is 58.7 Å². The number of methoxy groups -OCH3 is 1. The molecule has 0 bridgehead atoms. The largest absolute Gasteiger partial charge is 0.467 e. The van der Waals surface area contributed by atoms with E-state index < -0.39 is 23.2 Å². The van der Waals surface area contributed by atoms with E-state index in [-0.39, 0.29) is 29.3 Å². The van der Waals surface area contributed by atoms with Gasteiger partial charge in [-0.25, -0.2) is 9.18 Å². The first kappa shape index (κ1) is 22.0. The molecule has 2 aromatic rings. The Hall–Kier alpha value is -3.29. The average molecular weight is 402 g/mol. The second kappa shape index (κ2) is 8.38. The molecule has 8 heteroatoms. The zero-order valence-electron chi connectivity index (χ0n) is 17.0. The molecule has 0 saturated carbocycles. The summed E-state index contributed by atoms with van der Waals surface area (Å²) in [5.74, 6) is -3.20. The van der Waals surface area contributed by atoms with Gasteiger partial charge >= 0.3 is 5.97 Å². The number of carbonyl (C=O) groups is 4. The number of aryl methyl sites for hydroxylation is 2. The molecule has 0 spiro atoms. The molecule has 0 aliphatic rings. The second-order valence-corrected chi connectivity index (χ2v) is 7.31. The Morgan fingerprint density at radius 3 is 2.41 bits per heavy atom. The van der Waals surface area contributed by atoms with E-state index >= 15 is 0 Å². The summed E-state index contributed by atoms with van der Waals surface area (Å²) in [5, 5.41) is 2.32. The van der Waals surface area contributed by atoms with Crippen LogP contribution < -0.4 is 5.32 Å². The molecule has 1 aromatic carbocycles. The fourth-order valence-electron chi connectivity index (χ4n) is 2.84. The van der Waals surface area contributed by atoms with Crippen molar-refractivity contribution in [2.45, 2.75) is 32.7 Å². The average Bonchev–Trinajstić information content (AvgIpc) is 3.04. The molecule has 29 heavy (non-hydrogen) atoms. The Balaban J connectivity index is 2.17. The molecule has 154 valence electrons. The minimum Gasteiger partial charge on any atom is -0.467 e. The third-order valence-electron chi connectivity index (χ3n) is 4.47. The number of hydrogen-bond donors (Lipinski definition) is 1. The zero-order valence-corrected chi connectivity index (χ0v) is 17.0. The van der Waals surface area contributed by atoms with Gasteiger partial charge in [-0.15, -0.1) is 0 Å². The van der Waals surface area contributed by atoms with Crippen molar-refractivity contribution in [2.75, 3.05) is 7.11 Å². The minimum absolute atomic E-state index is 0.0179. The van der Waals surface area contributed by atoms with Crippen LogP contribution in [-0.4, -0.2) is 40.7 Å². The summed E-state index contributed by atoms with van der Waals surface area (Å²) in [6.07, 6.45) is 1.39. The van der Waals surface area contributed by atoms with Gasteiger partial charge in [-0.3, -0.25) is 14.4 Å². The number of halogens is 1. The normalized spacial score (nSPS) is 11.1. The van der Waals surface area contributed by atoms with Gasteiger partial charge < -0.3 is 14.6 Å². The first-order valence-electron chi connectivity index (χ1n) is 8.86. The van der Waals surface area contributed by atoms with Crippen molar-refractivity contribution < 1.29 is 28.3 Å². The summed E-state index contributed by atoms with van der Waals surface area (Å²) in [7, 11) is 2.76. The molecule has 2 rings (SSSR count). The summed E-state index contributed by atoms with van der Waals surface area (Å²) >= 11 is 0. The third-order valence-corrected chi connectivity index (χ3v) is 4.47. The predicted molar refractivity (Wildman–Crippen MR) is 103 cm³/mol. The van der Waals surface area contributed by atoms with E-state index in [1.165, 1.54) is 49.9 Å². The molecule has 0 saturated heterocycles. The van der Waals surface area contributed by atoms with Crippen LogP contribution in [0, 0.1) is 12.7 Å². The smallest absolute Gasteiger partial charge is 0.330 e. The van der Waals surface area contributed by atoms with Crippen molar-refractivity contribution in [2.24, 2.45) is 7.05 Å². The van der Waals surface area contributed by atoms with Crippen LogP contribution in [0.4, 0.5) is 4.39 Å². The molecule has 0 fully saturated rings. The van der Waals surface area contributed by atoms with E-state index in [1.54, 1.807) is 20.0 Å². The molecule has 0 aliphatic carbocycles. The number of nitrogens with zero attached hydrogens (tertiary/aromatic N) is 1. The van der Waals surface area contributed by atoms with E-state index in [0.29, 0.717) is 11.1 Å². The van der Waals surface area contributed by atoms with Crippen molar-refractivity contribution in [1.29, 1.82) is 0 Å². The highest BCUT2D eigenvalue weighted by molar-refractivity contribution is 6.43. The number of nitrogens with one attached hydrogen (secondary N) is 1. The van der Waals surface area contributed by atoms with E-state index in [9.17, 15) is 23.6 Å². The fraction of sp³-hybridized carbons (Fsp3) is 0.333. The Bertz CT molecular complexity index is 991. The van der Waals surface area contributed by atoms with Gasteiger partial charge in [0.25, 0.3) is 11.7 Å². The van der Waals surface area contributed by atoms with Crippen molar-refractivity contribution in [1.82, 2.24) is 9.88 Å². The van der Waals surface area contributed by atoms with Gasteiger partial charge in [0, 0.05) is 25.2 Å². The number of benzene rings is 1. The zero-order chi connectivity index (χ0) is 21.9. The van der Waals surface area contributed by atoms with Crippen LogP contribution in [0.1, 0.15) is 45.8 Å². The van der Waals surface area contributed by atoms with Gasteiger partial charge in [-0.2, -0.15) is 0 Å². The van der Waals surface area contributed by atoms with Crippen molar-refractivity contribution >= 4 is 23.4 Å². The van der Waals surface area contributed by atoms with E-state index in [0.717, 1.165) is 0 Å². The maximum atomic E-state index is 13.4. The minimum atomic E-state index is -1.38. The van der Waals surface area contributed by atoms with Gasteiger partial charge in [-0.1, -0.05) is 12.1 Å². The Morgan fingerprint density at radius 2 is 1.83 bits per heavy atom. The fourth-order valence-corrected chi connectivity index (χ4v) is 2.84. The number of aromatic nitrogens is 1. The second-order valence-electron chi connectivity index (χ2n) is 7.31. The lowest BCUT2D eigenvalue weighted by molar-refractivity contribution is -0.148. The molecule has 0 atom stereocenters. The van der Waals surface area contributed by atoms with E-state index in [1.807, 2.05) is 0 Å². The molecule has 7 nitrogen and oxygen atoms in total. The summed E-state index contributed by atoms with van der Waals surface area (Å²) in [6.45, 7) is 4.43. The molecule has 1 N–H and O–H groups in total. The molecular formula is C21H23FN2O5. The van der Waals surface area contributed by atoms with Crippen molar-refractivity contribution in [3.63, 3.8) is 0 Å². The first-order valence-corrected chi connectivity index (χ1v) is 8.86. The van der Waals surface area contributed by atoms with Crippen LogP contribution in [0.5, 0.6) is 0 Å². The van der Waals surface area contributed by atoms with Gasteiger partial charge in [0.1, 0.15) is 11.4 Å². The number of ether oxygens (including phenoxy) is 1. The SMILES string of the molecule is COC(=O)C(C)(C)NC(=O)C(=O)c1cc(C(=O)Cc2ccc(F)c(C)c2)n(C)c1. The highest BCUT2D eigenvalue weighted by Crippen LogP contribution is 2.15. The number of hydrogen-bond acceptors (Lipinski definition) is 5. The Kier molecular flexibility index (Phi) is 6.36. The summed E-state index contributed by atoms with van der Waals surface area (Å²) < 4.78 is 19.4. The van der Waals surface area contributed by atoms with Crippen LogP contribution in [0.15, 0.2) is 30.5 Å². The molecule has 0 radical (unpaired) electrons. The lowest BCUT2D eigenvalue weighted by Gasteiger charge is -2.22. The first-order chi connectivity index (χ1) is 13.5. The molecule has 1 heterocycles. The number of carbonyl (C=O) groups excluding carboxylic acids is 4. The molecule has 0 unspecified atom stereocenters. The molecule has 1 amide bonds. The number of esters is 1. The number of ketones is 2. The maximum absolute atomic E-state index is 13.4. The maximum Gasteiger partial charge on any atom is 0.330 e. The number of rotatable bonds is 7. The topological polar surface area (TPSA) is 94.5 Å². The molecular weight excluding hydrogens is 379 g/mol. The van der Waals surface area contributed by atoms with Gasteiger partial charge in [0.05, 0.1) is 12.8 Å². The lowest BCUT2D eigenvalue weighted by atomic mass is 10.0. The lowest BCUT2D eigenvalue weighted by Crippen LogP contribution is -2.52. The highest BCUT2D eigenvalue weighted by Gasteiger charge is 2.33. The molecule has 1 aromatic heterocycles. The van der Waals surface area contributed by atoms with Crippen LogP contribution in [0.2, 0.25) is 0 Å². The Morgan fingerprint density at radius 1 is 1.17 bits per heavy atom. The Labute approximate surface area is 167 Å². The van der Waals surface area contributed by atoms with Crippen LogP contribution in [-0.2, 0) is 27.8 Å². The quantitative estimate of drug-likeness (QED) is 0.435. The number of amides is 1. The predicted octanol–water partition coefficient (Wildman–Crippen LogP) is 2.15. The highest BCUT2D eigenvalue weighted by atomic mass is 19.1. The summed E-state index contributed by atoms with van der Waals surface area (Å²) in [4.78, 5) is 48.9. The van der Waals surface area contributed by atoms with Gasteiger partial charge in [-0.05, 0) is 44.0 Å². The summed E-state index contributed by atoms with van der Waals surface area (Å²) in [5.41, 5.74) is -0.0572. The number of Topliss-reactive ketones (excluding diaryl/α,β-unsaturated/α-hetero) is 2. The van der Waals surface area contributed by atoms with Crippen molar-refractivity contribution in [3.8, 4) is 0 Å². The van der Waals surface area contributed by atoms with Crippen LogP contribution >= 0.6 is 0 Å².